The van der Waals surface area contributed by atoms with Gasteiger partial charge in [0.15, 0.2) is 23.1 Å². The van der Waals surface area contributed by atoms with Crippen LogP contribution in [0.4, 0.5) is 0 Å². The van der Waals surface area contributed by atoms with E-state index in [1.54, 1.807) is 0 Å². The fraction of sp³-hybridized carbons (Fsp3) is 0. The number of fused-ring (bicyclic) bond motifs is 5. The normalized spacial score (nSPS) is 11.5. The summed E-state index contributed by atoms with van der Waals surface area (Å²) in [6.07, 6.45) is 0. The number of nitrogens with zero attached hydrogens (tertiary/aromatic N) is 4. The summed E-state index contributed by atoms with van der Waals surface area (Å²) in [5, 5.41) is 6.34. The minimum Gasteiger partial charge on any atom is -0.435 e. The van der Waals surface area contributed by atoms with Crippen LogP contribution in [0.1, 0.15) is 0 Å². The number of oxazole rings is 1. The SMILES string of the molecule is c1ccc(-c2nc3ccc4cccc(-c5nc(-c6cccc7ccccc67)nc(-c6ccc(-c7ccccc7)c7ccccc67)n5)c4c3o2)cc1. The minimum absolute atomic E-state index is 0.565. The fourth-order valence-electron chi connectivity index (χ4n) is 7.17. The first-order valence-corrected chi connectivity index (χ1v) is 17.0. The van der Waals surface area contributed by atoms with Crippen molar-refractivity contribution < 1.29 is 4.42 Å². The smallest absolute Gasteiger partial charge is 0.227 e. The predicted octanol–water partition coefficient (Wildman–Crippen LogP) is 11.8. The number of rotatable bonds is 5. The quantitative estimate of drug-likeness (QED) is 0.185. The number of aromatic nitrogens is 4. The van der Waals surface area contributed by atoms with Crippen molar-refractivity contribution in [2.75, 3.05) is 0 Å². The molecule has 2 aromatic heterocycles. The summed E-state index contributed by atoms with van der Waals surface area (Å²) in [5.41, 5.74) is 7.46. The Hall–Kier alpha value is -6.98. The summed E-state index contributed by atoms with van der Waals surface area (Å²) in [7, 11) is 0. The van der Waals surface area contributed by atoms with E-state index in [9.17, 15) is 0 Å². The van der Waals surface area contributed by atoms with Gasteiger partial charge in [0.25, 0.3) is 0 Å². The van der Waals surface area contributed by atoms with E-state index >= 15 is 0 Å². The van der Waals surface area contributed by atoms with Gasteiger partial charge in [0, 0.05) is 27.6 Å². The fourth-order valence-corrected chi connectivity index (χ4v) is 7.17. The van der Waals surface area contributed by atoms with Crippen molar-refractivity contribution >= 4 is 43.4 Å². The van der Waals surface area contributed by atoms with Gasteiger partial charge in [-0.3, -0.25) is 0 Å². The Balaban J connectivity index is 1.25. The van der Waals surface area contributed by atoms with Gasteiger partial charge in [-0.2, -0.15) is 0 Å². The standard InChI is InChI=1S/C46H28N4O/c1-3-13-29(14-4-1)34-26-27-38(36-22-10-9-21-35(34)36)44-48-43(37-23-11-18-30-15-7-8-20-33(30)37)49-45(50-44)39-24-12-19-31-25-28-40-42(41(31)39)51-46(47-40)32-16-5-2-6-17-32/h1-28H. The average molecular weight is 653 g/mol. The summed E-state index contributed by atoms with van der Waals surface area (Å²) < 4.78 is 6.55. The lowest BCUT2D eigenvalue weighted by Crippen LogP contribution is -2.01. The monoisotopic (exact) mass is 652 g/mol. The topological polar surface area (TPSA) is 64.7 Å². The summed E-state index contributed by atoms with van der Waals surface area (Å²) in [4.78, 5) is 20.6. The molecule has 0 N–H and O–H groups in total. The van der Waals surface area contributed by atoms with E-state index < -0.39 is 0 Å². The molecule has 0 aliphatic carbocycles. The maximum Gasteiger partial charge on any atom is 0.227 e. The second-order valence-corrected chi connectivity index (χ2v) is 12.6. The van der Waals surface area contributed by atoms with E-state index in [1.807, 2.05) is 48.5 Å². The third-order valence-corrected chi connectivity index (χ3v) is 9.58. The highest BCUT2D eigenvalue weighted by Crippen LogP contribution is 2.39. The van der Waals surface area contributed by atoms with Crippen LogP contribution in [0, 0.1) is 0 Å². The molecule has 10 rings (SSSR count). The molecule has 5 heteroatoms. The average Bonchev–Trinajstić information content (AvgIpc) is 3.66. The second-order valence-electron chi connectivity index (χ2n) is 12.6. The van der Waals surface area contributed by atoms with Crippen molar-refractivity contribution in [1.82, 2.24) is 19.9 Å². The van der Waals surface area contributed by atoms with Crippen molar-refractivity contribution in [3.05, 3.63) is 170 Å². The third kappa shape index (κ3) is 4.94. The van der Waals surface area contributed by atoms with Gasteiger partial charge < -0.3 is 4.42 Å². The highest BCUT2D eigenvalue weighted by atomic mass is 16.3. The van der Waals surface area contributed by atoms with Gasteiger partial charge in [-0.1, -0.05) is 146 Å². The molecule has 0 saturated heterocycles. The van der Waals surface area contributed by atoms with Crippen LogP contribution in [0.5, 0.6) is 0 Å². The van der Waals surface area contributed by atoms with Crippen molar-refractivity contribution in [2.24, 2.45) is 0 Å². The minimum atomic E-state index is 0.565. The molecule has 10 aromatic rings. The Kier molecular flexibility index (Phi) is 6.74. The zero-order chi connectivity index (χ0) is 33.7. The predicted molar refractivity (Wildman–Crippen MR) is 207 cm³/mol. The van der Waals surface area contributed by atoms with Crippen LogP contribution in [0.25, 0.3) is 100 Å². The molecule has 5 nitrogen and oxygen atoms in total. The number of benzene rings is 8. The van der Waals surface area contributed by atoms with Crippen LogP contribution in [0.3, 0.4) is 0 Å². The first kappa shape index (κ1) is 29.0. The van der Waals surface area contributed by atoms with Gasteiger partial charge in [0.2, 0.25) is 5.89 Å². The highest BCUT2D eigenvalue weighted by molar-refractivity contribution is 6.11. The molecule has 0 atom stereocenters. The molecule has 2 heterocycles. The van der Waals surface area contributed by atoms with Crippen molar-refractivity contribution in [1.29, 1.82) is 0 Å². The Morgan fingerprint density at radius 3 is 1.61 bits per heavy atom. The van der Waals surface area contributed by atoms with E-state index in [1.165, 1.54) is 0 Å². The van der Waals surface area contributed by atoms with Crippen LogP contribution < -0.4 is 0 Å². The lowest BCUT2D eigenvalue weighted by atomic mass is 9.94. The summed E-state index contributed by atoms with van der Waals surface area (Å²) >= 11 is 0. The van der Waals surface area contributed by atoms with Gasteiger partial charge >= 0.3 is 0 Å². The summed E-state index contributed by atoms with van der Waals surface area (Å²) in [6.45, 7) is 0. The lowest BCUT2D eigenvalue weighted by Gasteiger charge is -2.14. The third-order valence-electron chi connectivity index (χ3n) is 9.58. The van der Waals surface area contributed by atoms with Crippen LogP contribution in [0.2, 0.25) is 0 Å². The Bertz CT molecular complexity index is 2910. The zero-order valence-electron chi connectivity index (χ0n) is 27.4. The van der Waals surface area contributed by atoms with Gasteiger partial charge in [-0.25, -0.2) is 19.9 Å². The van der Waals surface area contributed by atoms with Crippen molar-refractivity contribution in [2.45, 2.75) is 0 Å². The van der Waals surface area contributed by atoms with Crippen molar-refractivity contribution in [3.8, 4) is 56.7 Å². The Morgan fingerprint density at radius 1 is 0.333 bits per heavy atom. The van der Waals surface area contributed by atoms with E-state index in [0.717, 1.165) is 71.2 Å². The molecular formula is C46H28N4O. The van der Waals surface area contributed by atoms with Crippen molar-refractivity contribution in [3.63, 3.8) is 0 Å². The molecule has 0 fully saturated rings. The Labute approximate surface area is 293 Å². The first-order valence-electron chi connectivity index (χ1n) is 17.0. The second kappa shape index (κ2) is 11.9. The highest BCUT2D eigenvalue weighted by Gasteiger charge is 2.20. The molecule has 0 spiro atoms. The largest absolute Gasteiger partial charge is 0.435 e. The first-order chi connectivity index (χ1) is 25.3. The number of hydrogen-bond donors (Lipinski definition) is 0. The molecule has 0 saturated carbocycles. The number of hydrogen-bond acceptors (Lipinski definition) is 5. The molecule has 0 aliphatic heterocycles. The van der Waals surface area contributed by atoms with Crippen LogP contribution in [-0.2, 0) is 0 Å². The van der Waals surface area contributed by atoms with E-state index in [0.29, 0.717) is 28.9 Å². The molecular weight excluding hydrogens is 625 g/mol. The molecule has 0 unspecified atom stereocenters. The van der Waals surface area contributed by atoms with Gasteiger partial charge in [-0.15, -0.1) is 0 Å². The molecule has 0 radical (unpaired) electrons. The summed E-state index contributed by atoms with van der Waals surface area (Å²) in [5.74, 6) is 2.35. The van der Waals surface area contributed by atoms with Crippen LogP contribution in [-0.4, -0.2) is 19.9 Å². The molecule has 238 valence electrons. The summed E-state index contributed by atoms with van der Waals surface area (Å²) in [6, 6.07) is 58.2. The molecule has 0 bridgehead atoms. The maximum atomic E-state index is 6.55. The molecule has 0 amide bonds. The lowest BCUT2D eigenvalue weighted by molar-refractivity contribution is 0.623. The molecule has 8 aromatic carbocycles. The van der Waals surface area contributed by atoms with E-state index in [-0.39, 0.29) is 0 Å². The van der Waals surface area contributed by atoms with Crippen LogP contribution in [0.15, 0.2) is 174 Å². The van der Waals surface area contributed by atoms with Crippen LogP contribution >= 0.6 is 0 Å². The van der Waals surface area contributed by atoms with Gasteiger partial charge in [0.05, 0.1) is 0 Å². The molecule has 51 heavy (non-hydrogen) atoms. The maximum absolute atomic E-state index is 6.55. The van der Waals surface area contributed by atoms with E-state index in [4.69, 9.17) is 24.4 Å². The van der Waals surface area contributed by atoms with E-state index in [2.05, 4.69) is 121 Å². The van der Waals surface area contributed by atoms with Gasteiger partial charge in [-0.05, 0) is 62.3 Å². The Morgan fingerprint density at radius 2 is 0.863 bits per heavy atom. The molecule has 0 aliphatic rings. The van der Waals surface area contributed by atoms with Gasteiger partial charge in [0.1, 0.15) is 5.52 Å². The zero-order valence-corrected chi connectivity index (χ0v) is 27.4.